The van der Waals surface area contributed by atoms with Crippen LogP contribution in [0.2, 0.25) is 0 Å². The van der Waals surface area contributed by atoms with Gasteiger partial charge in [0.15, 0.2) is 17.5 Å². The van der Waals surface area contributed by atoms with Crippen molar-refractivity contribution in [3.8, 4) is 11.8 Å². The summed E-state index contributed by atoms with van der Waals surface area (Å²) in [6.45, 7) is 2.31. The Kier molecular flexibility index (Phi) is 7.61. The molecule has 32 heavy (non-hydrogen) atoms. The number of hydrogen-bond acceptors (Lipinski definition) is 0. The largest absolute Gasteiger partial charge is 0.204 e. The molecule has 0 nitrogen and oxygen atoms in total. The number of halogens is 3. The molecule has 0 heterocycles. The van der Waals surface area contributed by atoms with Crippen molar-refractivity contribution in [3.05, 3.63) is 70.5 Å². The second kappa shape index (κ2) is 10.6. The molecule has 0 N–H and O–H groups in total. The van der Waals surface area contributed by atoms with E-state index in [1.807, 2.05) is 12.1 Å². The molecule has 0 bridgehead atoms. The first-order valence-electron chi connectivity index (χ1n) is 12.3. The van der Waals surface area contributed by atoms with Crippen LogP contribution < -0.4 is 0 Å². The molecule has 2 fully saturated rings. The summed E-state index contributed by atoms with van der Waals surface area (Å²) in [5.41, 5.74) is 2.28. The van der Waals surface area contributed by atoms with Crippen LogP contribution in [0.4, 0.5) is 13.2 Å². The van der Waals surface area contributed by atoms with Crippen LogP contribution >= 0.6 is 0 Å². The molecule has 170 valence electrons. The van der Waals surface area contributed by atoms with Gasteiger partial charge in [0.1, 0.15) is 0 Å². The van der Waals surface area contributed by atoms with Crippen molar-refractivity contribution in [3.63, 3.8) is 0 Å². The first-order chi connectivity index (χ1) is 15.5. The lowest BCUT2D eigenvalue weighted by atomic mass is 9.68. The fourth-order valence-electron chi connectivity index (χ4n) is 5.89. The Hall–Kier alpha value is -2.21. The van der Waals surface area contributed by atoms with Crippen LogP contribution in [0.3, 0.4) is 0 Å². The quantitative estimate of drug-likeness (QED) is 0.332. The highest BCUT2D eigenvalue weighted by molar-refractivity contribution is 5.44. The topological polar surface area (TPSA) is 0 Å². The molecule has 2 aromatic carbocycles. The molecule has 0 atom stereocenters. The number of benzene rings is 2. The molecule has 0 aromatic heterocycles. The van der Waals surface area contributed by atoms with Gasteiger partial charge in [0.2, 0.25) is 0 Å². The van der Waals surface area contributed by atoms with Gasteiger partial charge in [0, 0.05) is 11.1 Å². The van der Waals surface area contributed by atoms with Gasteiger partial charge in [-0.3, -0.25) is 0 Å². The lowest BCUT2D eigenvalue weighted by Gasteiger charge is -2.38. The van der Waals surface area contributed by atoms with Gasteiger partial charge in [-0.25, -0.2) is 13.2 Å². The SMILES string of the molecule is CCCC1CCC(C2CCC(c3ccc(C#Cc4cc(F)c(F)c(F)c4)cc3)CC2)CC1. The van der Waals surface area contributed by atoms with Crippen LogP contribution in [0, 0.1) is 47.0 Å². The van der Waals surface area contributed by atoms with Gasteiger partial charge in [-0.1, -0.05) is 56.6 Å². The predicted octanol–water partition coefficient (Wildman–Crippen LogP) is 8.38. The van der Waals surface area contributed by atoms with Gasteiger partial charge in [-0.15, -0.1) is 0 Å². The minimum Gasteiger partial charge on any atom is -0.204 e. The number of hydrogen-bond donors (Lipinski definition) is 0. The minimum atomic E-state index is -1.46. The zero-order valence-electron chi connectivity index (χ0n) is 19.0. The van der Waals surface area contributed by atoms with Gasteiger partial charge in [-0.2, -0.15) is 0 Å². The van der Waals surface area contributed by atoms with Crippen molar-refractivity contribution in [2.75, 3.05) is 0 Å². The van der Waals surface area contributed by atoms with E-state index >= 15 is 0 Å². The summed E-state index contributed by atoms with van der Waals surface area (Å²) in [6.07, 6.45) is 13.7. The highest BCUT2D eigenvalue weighted by Crippen LogP contribution is 2.44. The van der Waals surface area contributed by atoms with Crippen molar-refractivity contribution in [2.24, 2.45) is 17.8 Å². The molecule has 2 aliphatic carbocycles. The summed E-state index contributed by atoms with van der Waals surface area (Å²) in [6, 6.07) is 10.1. The summed E-state index contributed by atoms with van der Waals surface area (Å²) in [7, 11) is 0. The van der Waals surface area contributed by atoms with E-state index in [9.17, 15) is 13.2 Å². The third kappa shape index (κ3) is 5.58. The van der Waals surface area contributed by atoms with E-state index in [2.05, 4.69) is 30.9 Å². The van der Waals surface area contributed by atoms with E-state index in [0.29, 0.717) is 5.92 Å². The van der Waals surface area contributed by atoms with Crippen molar-refractivity contribution >= 4 is 0 Å². The van der Waals surface area contributed by atoms with Gasteiger partial charge in [0.05, 0.1) is 0 Å². The third-order valence-corrected chi connectivity index (χ3v) is 7.74. The summed E-state index contributed by atoms with van der Waals surface area (Å²) in [5, 5.41) is 0. The second-order valence-electron chi connectivity index (χ2n) is 9.81. The van der Waals surface area contributed by atoms with Crippen molar-refractivity contribution in [1.82, 2.24) is 0 Å². The van der Waals surface area contributed by atoms with Gasteiger partial charge in [0.25, 0.3) is 0 Å². The third-order valence-electron chi connectivity index (χ3n) is 7.74. The Morgan fingerprint density at radius 2 is 1.25 bits per heavy atom. The lowest BCUT2D eigenvalue weighted by Crippen LogP contribution is -2.25. The minimum absolute atomic E-state index is 0.132. The van der Waals surface area contributed by atoms with E-state index in [0.717, 1.165) is 35.4 Å². The van der Waals surface area contributed by atoms with E-state index in [1.165, 1.54) is 69.8 Å². The summed E-state index contributed by atoms with van der Waals surface area (Å²) < 4.78 is 39.7. The van der Waals surface area contributed by atoms with Gasteiger partial charge < -0.3 is 0 Å². The van der Waals surface area contributed by atoms with Crippen LogP contribution in [0.1, 0.15) is 93.7 Å². The zero-order chi connectivity index (χ0) is 22.5. The Labute approximate surface area is 190 Å². The van der Waals surface area contributed by atoms with Gasteiger partial charge >= 0.3 is 0 Å². The highest BCUT2D eigenvalue weighted by atomic mass is 19.2. The Balaban J connectivity index is 1.30. The van der Waals surface area contributed by atoms with Crippen LogP contribution in [0.15, 0.2) is 36.4 Å². The van der Waals surface area contributed by atoms with Crippen LogP contribution in [-0.2, 0) is 0 Å². The van der Waals surface area contributed by atoms with E-state index in [4.69, 9.17) is 0 Å². The fraction of sp³-hybridized carbons (Fsp3) is 0.517. The maximum Gasteiger partial charge on any atom is 0.194 e. The van der Waals surface area contributed by atoms with Crippen molar-refractivity contribution in [1.29, 1.82) is 0 Å². The second-order valence-corrected chi connectivity index (χ2v) is 9.81. The van der Waals surface area contributed by atoms with Crippen molar-refractivity contribution < 1.29 is 13.2 Å². The molecule has 0 spiro atoms. The Bertz CT molecular complexity index is 927. The Morgan fingerprint density at radius 1 is 0.719 bits per heavy atom. The average Bonchev–Trinajstić information content (AvgIpc) is 2.82. The zero-order valence-corrected chi connectivity index (χ0v) is 19.0. The monoisotopic (exact) mass is 438 g/mol. The van der Waals surface area contributed by atoms with Crippen molar-refractivity contribution in [2.45, 2.75) is 77.0 Å². The fourth-order valence-corrected chi connectivity index (χ4v) is 5.89. The molecule has 3 heteroatoms. The number of rotatable bonds is 4. The normalized spacial score (nSPS) is 25.8. The highest BCUT2D eigenvalue weighted by Gasteiger charge is 2.31. The summed E-state index contributed by atoms with van der Waals surface area (Å²) in [5.74, 6) is 5.22. The van der Waals surface area contributed by atoms with Gasteiger partial charge in [-0.05, 0) is 92.0 Å². The molecular formula is C29H33F3. The molecular weight excluding hydrogens is 405 g/mol. The van der Waals surface area contributed by atoms with Crippen LogP contribution in [0.5, 0.6) is 0 Å². The predicted molar refractivity (Wildman–Crippen MR) is 124 cm³/mol. The molecule has 0 amide bonds. The first-order valence-corrected chi connectivity index (χ1v) is 12.3. The lowest BCUT2D eigenvalue weighted by molar-refractivity contribution is 0.156. The van der Waals surface area contributed by atoms with Crippen LogP contribution in [-0.4, -0.2) is 0 Å². The van der Waals surface area contributed by atoms with E-state index in [1.54, 1.807) is 0 Å². The molecule has 0 aliphatic heterocycles. The standard InChI is InChI=1S/C29H33F3/c1-2-3-20-6-10-23(11-7-20)25-14-16-26(17-15-25)24-12-8-21(9-13-24)4-5-22-18-27(30)29(32)28(31)19-22/h8-9,12-13,18-20,23,25-26H,2-3,6-7,10-11,14-17H2,1H3. The smallest absolute Gasteiger partial charge is 0.194 e. The maximum absolute atomic E-state index is 13.3. The van der Waals surface area contributed by atoms with Crippen LogP contribution in [0.25, 0.3) is 0 Å². The Morgan fingerprint density at radius 3 is 1.81 bits per heavy atom. The molecule has 2 aromatic rings. The molecule has 0 saturated heterocycles. The van der Waals surface area contributed by atoms with E-state index < -0.39 is 17.5 Å². The molecule has 4 rings (SSSR count). The molecule has 0 unspecified atom stereocenters. The maximum atomic E-state index is 13.3. The summed E-state index contributed by atoms with van der Waals surface area (Å²) in [4.78, 5) is 0. The first kappa shape index (κ1) is 23.0. The molecule has 2 saturated carbocycles. The average molecular weight is 439 g/mol. The molecule has 0 radical (unpaired) electrons. The summed E-state index contributed by atoms with van der Waals surface area (Å²) >= 11 is 0. The van der Waals surface area contributed by atoms with E-state index in [-0.39, 0.29) is 5.56 Å². The molecule has 2 aliphatic rings.